The van der Waals surface area contributed by atoms with Crippen LogP contribution in [0, 0.1) is 6.92 Å². The van der Waals surface area contributed by atoms with Crippen molar-refractivity contribution >= 4 is 17.6 Å². The van der Waals surface area contributed by atoms with Gasteiger partial charge in [0.05, 0.1) is 18.3 Å². The average Bonchev–Trinajstić information content (AvgIpc) is 2.89. The highest BCUT2D eigenvalue weighted by Crippen LogP contribution is 2.15. The number of nitrogens with zero attached hydrogens (tertiary/aromatic N) is 3. The second-order valence-corrected chi connectivity index (χ2v) is 4.30. The van der Waals surface area contributed by atoms with Gasteiger partial charge in [0.2, 0.25) is 5.91 Å². The van der Waals surface area contributed by atoms with Crippen molar-refractivity contribution in [2.75, 3.05) is 5.32 Å². The molecule has 0 unspecified atom stereocenters. The smallest absolute Gasteiger partial charge is 0.335 e. The predicted molar refractivity (Wildman–Crippen MR) is 71.4 cm³/mol. The molecule has 0 fully saturated rings. The Morgan fingerprint density at radius 3 is 2.80 bits per heavy atom. The van der Waals surface area contributed by atoms with E-state index in [4.69, 9.17) is 5.11 Å². The summed E-state index contributed by atoms with van der Waals surface area (Å²) in [5, 5.41) is 19.1. The van der Waals surface area contributed by atoms with Gasteiger partial charge in [0.15, 0.2) is 0 Å². The number of anilines is 1. The summed E-state index contributed by atoms with van der Waals surface area (Å²) in [6.07, 6.45) is 3.49. The van der Waals surface area contributed by atoms with Crippen LogP contribution in [0.3, 0.4) is 0 Å². The highest BCUT2D eigenvalue weighted by Gasteiger charge is 2.09. The lowest BCUT2D eigenvalue weighted by molar-refractivity contribution is -0.116. The number of carboxylic acids is 1. The highest BCUT2D eigenvalue weighted by molar-refractivity contribution is 5.93. The van der Waals surface area contributed by atoms with Gasteiger partial charge in [-0.2, -0.15) is 0 Å². The van der Waals surface area contributed by atoms with Crippen LogP contribution in [0.4, 0.5) is 5.69 Å². The van der Waals surface area contributed by atoms with Crippen LogP contribution >= 0.6 is 0 Å². The Bertz CT molecular complexity index is 623. The first-order valence-corrected chi connectivity index (χ1v) is 6.04. The molecular formula is C13H14N4O3. The summed E-state index contributed by atoms with van der Waals surface area (Å²) in [5.41, 5.74) is 1.41. The first kappa shape index (κ1) is 13.7. The van der Waals surface area contributed by atoms with Gasteiger partial charge in [-0.05, 0) is 30.7 Å². The Balaban J connectivity index is 1.94. The molecule has 0 saturated carbocycles. The van der Waals surface area contributed by atoms with E-state index in [1.165, 1.54) is 6.07 Å². The Kier molecular flexibility index (Phi) is 4.09. The Morgan fingerprint density at radius 1 is 1.40 bits per heavy atom. The average molecular weight is 274 g/mol. The third-order valence-electron chi connectivity index (χ3n) is 2.78. The summed E-state index contributed by atoms with van der Waals surface area (Å²) in [4.78, 5) is 22.6. The van der Waals surface area contributed by atoms with Crippen molar-refractivity contribution in [3.63, 3.8) is 0 Å². The minimum Gasteiger partial charge on any atom is -0.478 e. The van der Waals surface area contributed by atoms with Crippen LogP contribution in [0.1, 0.15) is 22.3 Å². The minimum atomic E-state index is -0.980. The molecule has 1 aromatic carbocycles. The van der Waals surface area contributed by atoms with E-state index in [9.17, 15) is 9.59 Å². The molecule has 0 aliphatic carbocycles. The van der Waals surface area contributed by atoms with E-state index in [1.54, 1.807) is 36.1 Å². The van der Waals surface area contributed by atoms with Gasteiger partial charge in [-0.25, -0.2) is 4.79 Å². The largest absolute Gasteiger partial charge is 0.478 e. The molecule has 0 saturated heterocycles. The van der Waals surface area contributed by atoms with E-state index in [1.807, 2.05) is 0 Å². The molecule has 2 N–H and O–H groups in total. The SMILES string of the molecule is Cc1cc(NC(=O)CCn2ccnn2)ccc1C(=O)O. The number of amides is 1. The van der Waals surface area contributed by atoms with E-state index >= 15 is 0 Å². The zero-order valence-corrected chi connectivity index (χ0v) is 10.9. The summed E-state index contributed by atoms with van der Waals surface area (Å²) in [5.74, 6) is -1.14. The van der Waals surface area contributed by atoms with E-state index < -0.39 is 5.97 Å². The van der Waals surface area contributed by atoms with Crippen LogP contribution in [0.25, 0.3) is 0 Å². The molecule has 1 heterocycles. The zero-order valence-electron chi connectivity index (χ0n) is 10.9. The maximum atomic E-state index is 11.7. The van der Waals surface area contributed by atoms with Crippen molar-refractivity contribution in [3.05, 3.63) is 41.7 Å². The third-order valence-corrected chi connectivity index (χ3v) is 2.78. The predicted octanol–water partition coefficient (Wildman–Crippen LogP) is 1.31. The summed E-state index contributed by atoms with van der Waals surface area (Å²) < 4.78 is 1.57. The number of carbonyl (C=O) groups is 2. The standard InChI is InChI=1S/C13H14N4O3/c1-9-8-10(2-3-11(9)13(19)20)15-12(18)4-6-17-7-5-14-16-17/h2-3,5,7-8H,4,6H2,1H3,(H,15,18)(H,19,20). The maximum absolute atomic E-state index is 11.7. The summed E-state index contributed by atoms with van der Waals surface area (Å²) in [6, 6.07) is 4.69. The number of aryl methyl sites for hydroxylation is 2. The fraction of sp³-hybridized carbons (Fsp3) is 0.231. The van der Waals surface area contributed by atoms with E-state index in [0.717, 1.165) is 0 Å². The summed E-state index contributed by atoms with van der Waals surface area (Å²) in [6.45, 7) is 2.13. The number of carbonyl (C=O) groups excluding carboxylic acids is 1. The molecule has 2 aromatic rings. The van der Waals surface area contributed by atoms with Crippen molar-refractivity contribution in [1.29, 1.82) is 0 Å². The van der Waals surface area contributed by atoms with Gasteiger partial charge < -0.3 is 10.4 Å². The first-order valence-electron chi connectivity index (χ1n) is 6.04. The molecule has 0 radical (unpaired) electrons. The molecule has 0 aliphatic heterocycles. The third kappa shape index (κ3) is 3.41. The Morgan fingerprint density at radius 2 is 2.20 bits per heavy atom. The van der Waals surface area contributed by atoms with Gasteiger partial charge in [-0.15, -0.1) is 5.10 Å². The zero-order chi connectivity index (χ0) is 14.5. The normalized spacial score (nSPS) is 10.2. The van der Waals surface area contributed by atoms with Gasteiger partial charge >= 0.3 is 5.97 Å². The first-order chi connectivity index (χ1) is 9.56. The van der Waals surface area contributed by atoms with Gasteiger partial charge in [0, 0.05) is 18.3 Å². The van der Waals surface area contributed by atoms with Crippen LogP contribution in [0.2, 0.25) is 0 Å². The molecule has 0 bridgehead atoms. The fourth-order valence-electron chi connectivity index (χ4n) is 1.77. The van der Waals surface area contributed by atoms with Gasteiger partial charge in [0.25, 0.3) is 0 Å². The van der Waals surface area contributed by atoms with Crippen molar-refractivity contribution < 1.29 is 14.7 Å². The second kappa shape index (κ2) is 5.96. The van der Waals surface area contributed by atoms with Crippen LogP contribution < -0.4 is 5.32 Å². The van der Waals surface area contributed by atoms with Gasteiger partial charge in [-0.1, -0.05) is 5.21 Å². The molecule has 2 rings (SSSR count). The van der Waals surface area contributed by atoms with Crippen molar-refractivity contribution in [2.24, 2.45) is 0 Å². The molecule has 7 nitrogen and oxygen atoms in total. The van der Waals surface area contributed by atoms with Crippen LogP contribution in [0.5, 0.6) is 0 Å². The van der Waals surface area contributed by atoms with Crippen molar-refractivity contribution in [3.8, 4) is 0 Å². The number of hydrogen-bond donors (Lipinski definition) is 2. The lowest BCUT2D eigenvalue weighted by Crippen LogP contribution is -2.15. The monoisotopic (exact) mass is 274 g/mol. The van der Waals surface area contributed by atoms with Crippen LogP contribution in [-0.4, -0.2) is 32.0 Å². The highest BCUT2D eigenvalue weighted by atomic mass is 16.4. The number of aromatic carboxylic acids is 1. The number of aromatic nitrogens is 3. The van der Waals surface area contributed by atoms with E-state index in [2.05, 4.69) is 15.6 Å². The molecular weight excluding hydrogens is 260 g/mol. The molecule has 20 heavy (non-hydrogen) atoms. The van der Waals surface area contributed by atoms with Crippen LogP contribution in [-0.2, 0) is 11.3 Å². The molecule has 0 spiro atoms. The van der Waals surface area contributed by atoms with Crippen LogP contribution in [0.15, 0.2) is 30.6 Å². The quantitative estimate of drug-likeness (QED) is 0.856. The van der Waals surface area contributed by atoms with Gasteiger partial charge in [-0.3, -0.25) is 9.48 Å². The molecule has 0 aliphatic rings. The number of rotatable bonds is 5. The summed E-state index contributed by atoms with van der Waals surface area (Å²) >= 11 is 0. The fourth-order valence-corrected chi connectivity index (χ4v) is 1.77. The molecule has 7 heteroatoms. The minimum absolute atomic E-state index is 0.164. The summed E-state index contributed by atoms with van der Waals surface area (Å²) in [7, 11) is 0. The van der Waals surface area contributed by atoms with Crippen molar-refractivity contribution in [1.82, 2.24) is 15.0 Å². The topological polar surface area (TPSA) is 97.1 Å². The van der Waals surface area contributed by atoms with Crippen molar-refractivity contribution in [2.45, 2.75) is 19.9 Å². The van der Waals surface area contributed by atoms with Gasteiger partial charge in [0.1, 0.15) is 0 Å². The maximum Gasteiger partial charge on any atom is 0.335 e. The molecule has 104 valence electrons. The number of hydrogen-bond acceptors (Lipinski definition) is 4. The Labute approximate surface area is 115 Å². The number of carboxylic acid groups (broad SMARTS) is 1. The molecule has 0 atom stereocenters. The number of nitrogens with one attached hydrogen (secondary N) is 1. The lowest BCUT2D eigenvalue weighted by atomic mass is 10.1. The number of benzene rings is 1. The Hall–Kier alpha value is -2.70. The van der Waals surface area contributed by atoms with E-state index in [0.29, 0.717) is 17.8 Å². The molecule has 1 aromatic heterocycles. The molecule has 1 amide bonds. The van der Waals surface area contributed by atoms with E-state index in [-0.39, 0.29) is 17.9 Å². The lowest BCUT2D eigenvalue weighted by Gasteiger charge is -2.07. The second-order valence-electron chi connectivity index (χ2n) is 4.30.